The molecule has 2 rings (SSSR count). The third-order valence-electron chi connectivity index (χ3n) is 4.91. The Bertz CT molecular complexity index is 842. The summed E-state index contributed by atoms with van der Waals surface area (Å²) in [5.74, 6) is -0.615. The van der Waals surface area contributed by atoms with Crippen molar-refractivity contribution in [1.29, 1.82) is 0 Å². The molecular formula is C23H31NO6S2. The first kappa shape index (κ1) is 26.2. The number of carbonyl (C=O) groups is 2. The number of aliphatic hydroxyl groups excluding tert-OH is 1. The van der Waals surface area contributed by atoms with E-state index in [0.717, 1.165) is 29.5 Å². The summed E-state index contributed by atoms with van der Waals surface area (Å²) in [6.07, 6.45) is 8.72. The number of benzene rings is 1. The second-order valence-corrected chi connectivity index (χ2v) is 9.02. The summed E-state index contributed by atoms with van der Waals surface area (Å²) >= 11 is 6.17. The number of nitrogens with zero attached hydrogens (tertiary/aromatic N) is 1. The van der Waals surface area contributed by atoms with Gasteiger partial charge in [0.15, 0.2) is 17.5 Å². The van der Waals surface area contributed by atoms with Crippen LogP contribution in [0.2, 0.25) is 0 Å². The second kappa shape index (κ2) is 13.4. The standard InChI is InChI=1S/C23H31NO6S2/c1-3-5-6-7-8-9-12-30-18-11-10-16(13-19(18)29-4-2)14-20-21(26)24(23(31)32-20)17(15-25)22(27)28/h10-11,13-14,17,25H,3-9,12,15H2,1-2H3,(H,27,28)/b20-14+. The van der Waals surface area contributed by atoms with Crippen LogP contribution in [0.15, 0.2) is 23.1 Å². The normalized spacial score (nSPS) is 16.0. The number of hydrogen-bond acceptors (Lipinski definition) is 7. The van der Waals surface area contributed by atoms with E-state index >= 15 is 0 Å². The van der Waals surface area contributed by atoms with Gasteiger partial charge in [-0.15, -0.1) is 0 Å². The number of aliphatic carboxylic acids is 1. The van der Waals surface area contributed by atoms with Gasteiger partial charge in [0.05, 0.1) is 24.7 Å². The zero-order valence-corrected chi connectivity index (χ0v) is 20.2. The lowest BCUT2D eigenvalue weighted by Gasteiger charge is -2.20. The third-order valence-corrected chi connectivity index (χ3v) is 6.24. The summed E-state index contributed by atoms with van der Waals surface area (Å²) < 4.78 is 11.7. The number of carboxylic acid groups (broad SMARTS) is 1. The smallest absolute Gasteiger partial charge is 0.329 e. The predicted molar refractivity (Wildman–Crippen MR) is 130 cm³/mol. The van der Waals surface area contributed by atoms with Gasteiger partial charge in [0.1, 0.15) is 4.32 Å². The summed E-state index contributed by atoms with van der Waals surface area (Å²) in [4.78, 5) is 25.2. The summed E-state index contributed by atoms with van der Waals surface area (Å²) in [6, 6.07) is 4.01. The first-order valence-electron chi connectivity index (χ1n) is 10.9. The summed E-state index contributed by atoms with van der Waals surface area (Å²) in [6.45, 7) is 4.45. The Morgan fingerprint density at radius 3 is 2.53 bits per heavy atom. The Kier molecular flexibility index (Phi) is 11.0. The van der Waals surface area contributed by atoms with Gasteiger partial charge in [0, 0.05) is 0 Å². The minimum Gasteiger partial charge on any atom is -0.490 e. The van der Waals surface area contributed by atoms with Crippen molar-refractivity contribution in [2.24, 2.45) is 0 Å². The minimum absolute atomic E-state index is 0.103. The fourth-order valence-corrected chi connectivity index (χ4v) is 4.59. The first-order valence-corrected chi connectivity index (χ1v) is 12.2. The third kappa shape index (κ3) is 7.21. The molecule has 0 aromatic heterocycles. The molecule has 32 heavy (non-hydrogen) atoms. The lowest BCUT2D eigenvalue weighted by Crippen LogP contribution is -2.46. The van der Waals surface area contributed by atoms with E-state index in [4.69, 9.17) is 21.7 Å². The van der Waals surface area contributed by atoms with E-state index < -0.39 is 24.5 Å². The fourth-order valence-electron chi connectivity index (χ4n) is 3.24. The van der Waals surface area contributed by atoms with Gasteiger partial charge >= 0.3 is 5.97 Å². The van der Waals surface area contributed by atoms with Gasteiger partial charge < -0.3 is 19.7 Å². The van der Waals surface area contributed by atoms with Crippen molar-refractivity contribution < 1.29 is 29.3 Å². The molecule has 0 radical (unpaired) electrons. The highest BCUT2D eigenvalue weighted by Gasteiger charge is 2.40. The molecule has 1 aliphatic heterocycles. The molecule has 1 heterocycles. The van der Waals surface area contributed by atoms with E-state index in [1.807, 2.05) is 19.1 Å². The number of thioether (sulfide) groups is 1. The molecule has 1 amide bonds. The highest BCUT2D eigenvalue weighted by atomic mass is 32.2. The first-order chi connectivity index (χ1) is 15.4. The molecular weight excluding hydrogens is 450 g/mol. The zero-order valence-electron chi connectivity index (χ0n) is 18.5. The van der Waals surface area contributed by atoms with Gasteiger partial charge in [-0.25, -0.2) is 4.79 Å². The van der Waals surface area contributed by atoms with Gasteiger partial charge in [-0.3, -0.25) is 9.69 Å². The molecule has 1 fully saturated rings. The van der Waals surface area contributed by atoms with Crippen LogP contribution < -0.4 is 9.47 Å². The van der Waals surface area contributed by atoms with Gasteiger partial charge in [-0.1, -0.05) is 69.1 Å². The molecule has 1 aliphatic rings. The fraction of sp³-hybridized carbons (Fsp3) is 0.522. The van der Waals surface area contributed by atoms with Crippen LogP contribution in [-0.2, 0) is 9.59 Å². The van der Waals surface area contributed by atoms with Crippen molar-refractivity contribution in [3.8, 4) is 11.5 Å². The molecule has 176 valence electrons. The molecule has 2 N–H and O–H groups in total. The highest BCUT2D eigenvalue weighted by molar-refractivity contribution is 8.26. The molecule has 1 saturated heterocycles. The van der Waals surface area contributed by atoms with Crippen molar-refractivity contribution in [3.63, 3.8) is 0 Å². The Hall–Kier alpha value is -2.10. The predicted octanol–water partition coefficient (Wildman–Crippen LogP) is 4.47. The van der Waals surface area contributed by atoms with Gasteiger partial charge in [0.2, 0.25) is 0 Å². The van der Waals surface area contributed by atoms with E-state index in [1.54, 1.807) is 12.1 Å². The Labute approximate surface area is 198 Å². The van der Waals surface area contributed by atoms with Crippen LogP contribution in [0.25, 0.3) is 6.08 Å². The number of hydrogen-bond donors (Lipinski definition) is 2. The number of carbonyl (C=O) groups excluding carboxylic acids is 1. The molecule has 0 spiro atoms. The second-order valence-electron chi connectivity index (χ2n) is 7.34. The molecule has 1 unspecified atom stereocenters. The Morgan fingerprint density at radius 1 is 1.16 bits per heavy atom. The lowest BCUT2D eigenvalue weighted by atomic mass is 10.1. The van der Waals surface area contributed by atoms with Crippen LogP contribution in [0.3, 0.4) is 0 Å². The summed E-state index contributed by atoms with van der Waals surface area (Å²) in [5.41, 5.74) is 0.705. The summed E-state index contributed by atoms with van der Waals surface area (Å²) in [5, 5.41) is 18.6. The topological polar surface area (TPSA) is 96.3 Å². The van der Waals surface area contributed by atoms with Crippen molar-refractivity contribution in [2.75, 3.05) is 19.8 Å². The van der Waals surface area contributed by atoms with Crippen LogP contribution in [0, 0.1) is 0 Å². The number of rotatable bonds is 14. The van der Waals surface area contributed by atoms with Crippen LogP contribution in [0.5, 0.6) is 11.5 Å². The number of aliphatic hydroxyl groups is 1. The monoisotopic (exact) mass is 481 g/mol. The molecule has 1 atom stereocenters. The molecule has 0 aliphatic carbocycles. The average molecular weight is 482 g/mol. The van der Waals surface area contributed by atoms with Crippen LogP contribution in [0.1, 0.15) is 57.9 Å². The average Bonchev–Trinajstić information content (AvgIpc) is 3.03. The summed E-state index contributed by atoms with van der Waals surface area (Å²) in [7, 11) is 0. The quantitative estimate of drug-likeness (QED) is 0.228. The van der Waals surface area contributed by atoms with Gasteiger partial charge in [-0.2, -0.15) is 0 Å². The highest BCUT2D eigenvalue weighted by Crippen LogP contribution is 2.36. The van der Waals surface area contributed by atoms with Crippen molar-refractivity contribution in [1.82, 2.24) is 4.90 Å². The van der Waals surface area contributed by atoms with E-state index in [1.165, 1.54) is 25.7 Å². The van der Waals surface area contributed by atoms with E-state index in [9.17, 15) is 19.8 Å². The molecule has 0 bridgehead atoms. The number of amides is 1. The zero-order chi connectivity index (χ0) is 23.5. The van der Waals surface area contributed by atoms with Gasteiger partial charge in [-0.05, 0) is 37.1 Å². The molecule has 1 aromatic carbocycles. The maximum atomic E-state index is 12.7. The SMILES string of the molecule is CCCCCCCCOc1ccc(/C=C2/SC(=S)N(C(CO)C(=O)O)C2=O)cc1OCC. The number of unbranched alkanes of at least 4 members (excludes halogenated alkanes) is 5. The minimum atomic E-state index is -1.40. The van der Waals surface area contributed by atoms with E-state index in [0.29, 0.717) is 30.3 Å². The largest absolute Gasteiger partial charge is 0.490 e. The van der Waals surface area contributed by atoms with Crippen molar-refractivity contribution in [2.45, 2.75) is 58.4 Å². The van der Waals surface area contributed by atoms with Crippen LogP contribution in [0.4, 0.5) is 0 Å². The molecule has 7 nitrogen and oxygen atoms in total. The number of ether oxygens (including phenoxy) is 2. The van der Waals surface area contributed by atoms with Crippen molar-refractivity contribution >= 4 is 46.3 Å². The molecule has 0 saturated carbocycles. The number of carboxylic acids is 1. The number of thiocarbonyl (C=S) groups is 1. The Balaban J connectivity index is 2.08. The Morgan fingerprint density at radius 2 is 1.88 bits per heavy atom. The molecule has 9 heteroatoms. The van der Waals surface area contributed by atoms with Crippen LogP contribution >= 0.6 is 24.0 Å². The molecule has 1 aromatic rings. The van der Waals surface area contributed by atoms with Crippen LogP contribution in [-0.4, -0.2) is 57.2 Å². The van der Waals surface area contributed by atoms with Gasteiger partial charge in [0.25, 0.3) is 5.91 Å². The lowest BCUT2D eigenvalue weighted by molar-refractivity contribution is -0.146. The maximum Gasteiger partial charge on any atom is 0.329 e. The van der Waals surface area contributed by atoms with E-state index in [2.05, 4.69) is 6.92 Å². The van der Waals surface area contributed by atoms with E-state index in [-0.39, 0.29) is 9.23 Å². The van der Waals surface area contributed by atoms with Crippen molar-refractivity contribution in [3.05, 3.63) is 28.7 Å². The maximum absolute atomic E-state index is 12.7.